The van der Waals surface area contributed by atoms with Gasteiger partial charge in [-0.3, -0.25) is 9.59 Å². The van der Waals surface area contributed by atoms with E-state index in [2.05, 4.69) is 36.3 Å². The van der Waals surface area contributed by atoms with Gasteiger partial charge in [0.25, 0.3) is 5.91 Å². The maximum Gasteiger partial charge on any atom is 0.251 e. The van der Waals surface area contributed by atoms with Crippen LogP contribution in [0.25, 0.3) is 10.9 Å². The fourth-order valence-corrected chi connectivity index (χ4v) is 3.99. The second-order valence-electron chi connectivity index (χ2n) is 7.74. The van der Waals surface area contributed by atoms with Gasteiger partial charge in [0.05, 0.1) is 0 Å². The zero-order valence-electron chi connectivity index (χ0n) is 15.2. The van der Waals surface area contributed by atoms with E-state index < -0.39 is 0 Å². The van der Waals surface area contributed by atoms with E-state index in [1.54, 1.807) is 12.1 Å². The molecule has 2 atom stereocenters. The summed E-state index contributed by atoms with van der Waals surface area (Å²) in [4.78, 5) is 27.3. The molecule has 2 aromatic carbocycles. The maximum atomic E-state index is 12.8. The van der Waals surface area contributed by atoms with Gasteiger partial charge in [0, 0.05) is 34.5 Å². The molecule has 1 saturated carbocycles. The van der Waals surface area contributed by atoms with Gasteiger partial charge >= 0.3 is 0 Å². The molecule has 0 saturated heterocycles. The average Bonchev–Trinajstić information content (AvgIpc) is 3.15. The van der Waals surface area contributed by atoms with Gasteiger partial charge in [0.2, 0.25) is 5.56 Å². The number of aromatic amines is 1. The standard InChI is InChI=1S/C22H22N2O2/c1-13-11-18(25)23-17-12-15(9-10-16(13)17)21(26)24-20-19(22(20,2)3)14-7-5-4-6-8-14/h4-12,19-20H,1-3H3,(H,23,25)(H,24,26)/t19-,20-/m1/s1. The minimum atomic E-state index is -0.153. The van der Waals surface area contributed by atoms with Gasteiger partial charge in [-0.2, -0.15) is 0 Å². The zero-order valence-corrected chi connectivity index (χ0v) is 15.2. The average molecular weight is 346 g/mol. The molecule has 26 heavy (non-hydrogen) atoms. The molecule has 0 spiro atoms. The number of aromatic nitrogens is 1. The summed E-state index contributed by atoms with van der Waals surface area (Å²) in [5.41, 5.74) is 3.29. The van der Waals surface area contributed by atoms with Crippen LogP contribution in [0, 0.1) is 12.3 Å². The van der Waals surface area contributed by atoms with E-state index in [0.717, 1.165) is 10.9 Å². The molecule has 0 unspecified atom stereocenters. The third kappa shape index (κ3) is 2.71. The molecule has 1 aliphatic rings. The lowest BCUT2D eigenvalue weighted by molar-refractivity contribution is 0.0946. The van der Waals surface area contributed by atoms with E-state index in [1.807, 2.05) is 37.3 Å². The van der Waals surface area contributed by atoms with Crippen LogP contribution in [-0.2, 0) is 0 Å². The van der Waals surface area contributed by atoms with Crippen LogP contribution in [-0.4, -0.2) is 16.9 Å². The van der Waals surface area contributed by atoms with E-state index in [1.165, 1.54) is 5.56 Å². The SMILES string of the molecule is Cc1cc(=O)[nH]c2cc(C(=O)N[C@@H]3[C@@H](c4ccccc4)C3(C)C)ccc12. The molecule has 1 fully saturated rings. The van der Waals surface area contributed by atoms with Crippen LogP contribution < -0.4 is 10.9 Å². The van der Waals surface area contributed by atoms with Gasteiger partial charge in [-0.1, -0.05) is 50.2 Å². The summed E-state index contributed by atoms with van der Waals surface area (Å²) in [6.07, 6.45) is 0. The molecule has 1 aromatic heterocycles. The van der Waals surface area contributed by atoms with Crippen LogP contribution in [0.1, 0.15) is 41.3 Å². The van der Waals surface area contributed by atoms with E-state index in [-0.39, 0.29) is 22.9 Å². The fraction of sp³-hybridized carbons (Fsp3) is 0.273. The molecule has 1 amide bonds. The zero-order chi connectivity index (χ0) is 18.5. The van der Waals surface area contributed by atoms with Crippen molar-refractivity contribution < 1.29 is 4.79 Å². The molecular formula is C22H22N2O2. The number of pyridine rings is 1. The predicted molar refractivity (Wildman–Crippen MR) is 104 cm³/mol. The number of amides is 1. The summed E-state index contributed by atoms with van der Waals surface area (Å²) < 4.78 is 0. The summed E-state index contributed by atoms with van der Waals surface area (Å²) in [7, 11) is 0. The predicted octanol–water partition coefficient (Wildman–Crippen LogP) is 3.76. The topological polar surface area (TPSA) is 62.0 Å². The summed E-state index contributed by atoms with van der Waals surface area (Å²) in [6.45, 7) is 6.25. The Morgan fingerprint density at radius 2 is 1.81 bits per heavy atom. The van der Waals surface area contributed by atoms with E-state index in [0.29, 0.717) is 17.0 Å². The number of benzene rings is 2. The number of nitrogens with one attached hydrogen (secondary N) is 2. The van der Waals surface area contributed by atoms with Crippen LogP contribution in [0.15, 0.2) is 59.4 Å². The first-order valence-electron chi connectivity index (χ1n) is 8.87. The lowest BCUT2D eigenvalue weighted by Crippen LogP contribution is -2.28. The van der Waals surface area contributed by atoms with E-state index >= 15 is 0 Å². The third-order valence-corrected chi connectivity index (χ3v) is 5.58. The molecule has 4 rings (SSSR count). The van der Waals surface area contributed by atoms with Crippen LogP contribution in [0.4, 0.5) is 0 Å². The van der Waals surface area contributed by atoms with Gasteiger partial charge in [-0.15, -0.1) is 0 Å². The first-order valence-corrected chi connectivity index (χ1v) is 8.87. The minimum Gasteiger partial charge on any atom is -0.348 e. The number of H-pyrrole nitrogens is 1. The van der Waals surface area contributed by atoms with Crippen molar-refractivity contribution >= 4 is 16.8 Å². The van der Waals surface area contributed by atoms with Gasteiger partial charge in [0.15, 0.2) is 0 Å². The molecule has 4 heteroatoms. The fourth-order valence-electron chi connectivity index (χ4n) is 3.99. The molecule has 4 nitrogen and oxygen atoms in total. The van der Waals surface area contributed by atoms with Gasteiger partial charge < -0.3 is 10.3 Å². The molecule has 0 aliphatic heterocycles. The minimum absolute atomic E-state index is 0.0266. The van der Waals surface area contributed by atoms with E-state index in [4.69, 9.17) is 0 Å². The Balaban J connectivity index is 1.59. The van der Waals surface area contributed by atoms with Crippen molar-refractivity contribution in [1.82, 2.24) is 10.3 Å². The van der Waals surface area contributed by atoms with Gasteiger partial charge in [0.1, 0.15) is 0 Å². The molecule has 0 radical (unpaired) electrons. The smallest absolute Gasteiger partial charge is 0.251 e. The first-order chi connectivity index (χ1) is 12.4. The Morgan fingerprint density at radius 3 is 2.54 bits per heavy atom. The molecular weight excluding hydrogens is 324 g/mol. The highest BCUT2D eigenvalue weighted by Crippen LogP contribution is 2.58. The quantitative estimate of drug-likeness (QED) is 0.758. The molecule has 1 aliphatic carbocycles. The van der Waals surface area contributed by atoms with Gasteiger partial charge in [-0.25, -0.2) is 0 Å². The summed E-state index contributed by atoms with van der Waals surface area (Å²) in [5, 5.41) is 4.13. The van der Waals surface area contributed by atoms with Crippen molar-refractivity contribution in [2.45, 2.75) is 32.7 Å². The summed E-state index contributed by atoms with van der Waals surface area (Å²) >= 11 is 0. The van der Waals surface area contributed by atoms with Crippen molar-refractivity contribution in [3.05, 3.63) is 81.6 Å². The number of rotatable bonds is 3. The largest absolute Gasteiger partial charge is 0.348 e. The number of hydrogen-bond donors (Lipinski definition) is 2. The second kappa shape index (κ2) is 5.84. The Labute approximate surface area is 152 Å². The third-order valence-electron chi connectivity index (χ3n) is 5.58. The van der Waals surface area contributed by atoms with Crippen LogP contribution in [0.5, 0.6) is 0 Å². The molecule has 132 valence electrons. The Morgan fingerprint density at radius 1 is 1.08 bits per heavy atom. The first kappa shape index (κ1) is 16.6. The highest BCUT2D eigenvalue weighted by atomic mass is 16.1. The highest BCUT2D eigenvalue weighted by Gasteiger charge is 2.59. The monoisotopic (exact) mass is 346 g/mol. The van der Waals surface area contributed by atoms with Crippen LogP contribution in [0.2, 0.25) is 0 Å². The molecule has 2 N–H and O–H groups in total. The normalized spacial score (nSPS) is 20.7. The van der Waals surface area contributed by atoms with Gasteiger partial charge in [-0.05, 0) is 35.6 Å². The lowest BCUT2D eigenvalue weighted by Gasteiger charge is -2.08. The maximum absolute atomic E-state index is 12.8. The summed E-state index contributed by atoms with van der Waals surface area (Å²) in [5.74, 6) is 0.209. The van der Waals surface area contributed by atoms with Crippen molar-refractivity contribution in [1.29, 1.82) is 0 Å². The number of aryl methyl sites for hydroxylation is 1. The Kier molecular flexibility index (Phi) is 3.72. The number of carbonyl (C=O) groups is 1. The Hall–Kier alpha value is -2.88. The molecule has 3 aromatic rings. The van der Waals surface area contributed by atoms with Crippen molar-refractivity contribution in [2.24, 2.45) is 5.41 Å². The van der Waals surface area contributed by atoms with Crippen molar-refractivity contribution in [2.75, 3.05) is 0 Å². The molecule has 1 heterocycles. The van der Waals surface area contributed by atoms with Crippen LogP contribution >= 0.6 is 0 Å². The highest BCUT2D eigenvalue weighted by molar-refractivity contribution is 5.98. The summed E-state index contributed by atoms with van der Waals surface area (Å²) in [6, 6.07) is 17.4. The van der Waals surface area contributed by atoms with E-state index in [9.17, 15) is 9.59 Å². The Bertz CT molecular complexity index is 1050. The number of hydrogen-bond acceptors (Lipinski definition) is 2. The van der Waals surface area contributed by atoms with Crippen LogP contribution in [0.3, 0.4) is 0 Å². The molecule has 0 bridgehead atoms. The number of carbonyl (C=O) groups excluding carboxylic acids is 1. The second-order valence-corrected chi connectivity index (χ2v) is 7.74. The van der Waals surface area contributed by atoms with Crippen molar-refractivity contribution in [3.8, 4) is 0 Å². The number of fused-ring (bicyclic) bond motifs is 1. The van der Waals surface area contributed by atoms with Crippen molar-refractivity contribution in [3.63, 3.8) is 0 Å². The lowest BCUT2D eigenvalue weighted by atomic mass is 10.0.